The highest BCUT2D eigenvalue weighted by atomic mass is 16.5. The zero-order chi connectivity index (χ0) is 13.3. The minimum atomic E-state index is -0.717. The maximum absolute atomic E-state index is 11.5. The van der Waals surface area contributed by atoms with Gasteiger partial charge in [-0.25, -0.2) is 0 Å². The summed E-state index contributed by atoms with van der Waals surface area (Å²) in [6, 6.07) is 7.55. The van der Waals surface area contributed by atoms with Crippen molar-refractivity contribution in [1.29, 1.82) is 0 Å². The summed E-state index contributed by atoms with van der Waals surface area (Å²) < 4.78 is 5.20. The molecule has 1 aromatic carbocycles. The number of aromatic nitrogens is 1. The molecule has 1 saturated carbocycles. The van der Waals surface area contributed by atoms with E-state index in [2.05, 4.69) is 10.5 Å². The van der Waals surface area contributed by atoms with Gasteiger partial charge in [-0.15, -0.1) is 0 Å². The van der Waals surface area contributed by atoms with Crippen LogP contribution in [0.1, 0.15) is 25.7 Å². The van der Waals surface area contributed by atoms with E-state index < -0.39 is 11.4 Å². The number of benzene rings is 1. The third-order valence-corrected chi connectivity index (χ3v) is 3.99. The van der Waals surface area contributed by atoms with Gasteiger partial charge in [0.05, 0.1) is 10.8 Å². The first-order chi connectivity index (χ1) is 9.21. The van der Waals surface area contributed by atoms with Crippen LogP contribution >= 0.6 is 0 Å². The van der Waals surface area contributed by atoms with Gasteiger partial charge < -0.3 is 14.9 Å². The number of carboxylic acids is 1. The summed E-state index contributed by atoms with van der Waals surface area (Å²) >= 11 is 0. The summed E-state index contributed by atoms with van der Waals surface area (Å²) in [6.45, 7) is 0.402. The Hall–Kier alpha value is -2.04. The summed E-state index contributed by atoms with van der Waals surface area (Å²) in [6.07, 6.45) is 3.41. The second-order valence-electron chi connectivity index (χ2n) is 5.17. The van der Waals surface area contributed by atoms with Crippen LogP contribution in [0.25, 0.3) is 11.0 Å². The van der Waals surface area contributed by atoms with Gasteiger partial charge in [0, 0.05) is 6.54 Å². The van der Waals surface area contributed by atoms with Crippen molar-refractivity contribution >= 4 is 22.8 Å². The molecule has 3 rings (SSSR count). The smallest absolute Gasteiger partial charge is 0.311 e. The van der Waals surface area contributed by atoms with Crippen molar-refractivity contribution < 1.29 is 14.4 Å². The molecule has 0 unspecified atom stereocenters. The van der Waals surface area contributed by atoms with Gasteiger partial charge in [-0.3, -0.25) is 4.79 Å². The van der Waals surface area contributed by atoms with Crippen LogP contribution in [-0.2, 0) is 4.79 Å². The molecular formula is C14H16N2O3. The van der Waals surface area contributed by atoms with Gasteiger partial charge >= 0.3 is 5.97 Å². The Balaban J connectivity index is 1.80. The van der Waals surface area contributed by atoms with Gasteiger partial charge in [-0.2, -0.15) is 0 Å². The Bertz CT molecular complexity index is 600. The van der Waals surface area contributed by atoms with Crippen LogP contribution in [0, 0.1) is 5.41 Å². The highest BCUT2D eigenvalue weighted by Gasteiger charge is 2.41. The minimum Gasteiger partial charge on any atom is -0.481 e. The zero-order valence-corrected chi connectivity index (χ0v) is 10.6. The number of carboxylic acid groups (broad SMARTS) is 1. The van der Waals surface area contributed by atoms with Crippen LogP contribution in [0.4, 0.5) is 5.82 Å². The molecule has 1 aliphatic rings. The largest absolute Gasteiger partial charge is 0.481 e. The first-order valence-corrected chi connectivity index (χ1v) is 6.53. The van der Waals surface area contributed by atoms with Gasteiger partial charge in [0.2, 0.25) is 0 Å². The maximum atomic E-state index is 11.5. The van der Waals surface area contributed by atoms with Crippen LogP contribution in [0.5, 0.6) is 0 Å². The topological polar surface area (TPSA) is 75.4 Å². The normalized spacial score (nSPS) is 17.7. The third-order valence-electron chi connectivity index (χ3n) is 3.99. The molecule has 19 heavy (non-hydrogen) atoms. The molecule has 0 bridgehead atoms. The predicted octanol–water partition coefficient (Wildman–Crippen LogP) is 2.88. The molecule has 0 amide bonds. The van der Waals surface area contributed by atoms with E-state index in [9.17, 15) is 9.90 Å². The molecule has 100 valence electrons. The van der Waals surface area contributed by atoms with Crippen molar-refractivity contribution in [3.63, 3.8) is 0 Å². The Morgan fingerprint density at radius 2 is 2.11 bits per heavy atom. The van der Waals surface area contributed by atoms with Gasteiger partial charge in [-0.1, -0.05) is 30.1 Å². The first kappa shape index (κ1) is 12.0. The van der Waals surface area contributed by atoms with Gasteiger partial charge in [0.25, 0.3) is 0 Å². The van der Waals surface area contributed by atoms with Crippen LogP contribution in [0.3, 0.4) is 0 Å². The van der Waals surface area contributed by atoms with E-state index in [1.807, 2.05) is 24.3 Å². The lowest BCUT2D eigenvalue weighted by Crippen LogP contribution is -2.35. The summed E-state index contributed by atoms with van der Waals surface area (Å²) in [7, 11) is 0. The van der Waals surface area contributed by atoms with Crippen molar-refractivity contribution in [3.05, 3.63) is 24.3 Å². The van der Waals surface area contributed by atoms with Crippen molar-refractivity contribution in [1.82, 2.24) is 5.16 Å². The van der Waals surface area contributed by atoms with Crippen molar-refractivity contribution in [2.45, 2.75) is 25.7 Å². The monoisotopic (exact) mass is 260 g/mol. The first-order valence-electron chi connectivity index (χ1n) is 6.53. The number of para-hydroxylation sites is 1. The lowest BCUT2D eigenvalue weighted by molar-refractivity contribution is -0.147. The molecule has 1 heterocycles. The average Bonchev–Trinajstić information content (AvgIpc) is 3.04. The fraction of sp³-hybridized carbons (Fsp3) is 0.429. The molecule has 0 saturated heterocycles. The highest BCUT2D eigenvalue weighted by molar-refractivity contribution is 5.88. The summed E-state index contributed by atoms with van der Waals surface area (Å²) in [5, 5.41) is 17.4. The van der Waals surface area contributed by atoms with Gasteiger partial charge in [0.15, 0.2) is 11.4 Å². The number of carbonyl (C=O) groups is 1. The molecular weight excluding hydrogens is 244 g/mol. The molecule has 0 spiro atoms. The van der Waals surface area contributed by atoms with Crippen LogP contribution in [-0.4, -0.2) is 22.8 Å². The van der Waals surface area contributed by atoms with Crippen LogP contribution in [0.15, 0.2) is 28.8 Å². The van der Waals surface area contributed by atoms with Crippen LogP contribution in [0.2, 0.25) is 0 Å². The molecule has 2 N–H and O–H groups in total. The minimum absolute atomic E-state index is 0.402. The molecule has 0 atom stereocenters. The molecule has 2 aromatic rings. The van der Waals surface area contributed by atoms with E-state index in [1.165, 1.54) is 0 Å². The quantitative estimate of drug-likeness (QED) is 0.884. The second kappa shape index (κ2) is 4.57. The average molecular weight is 260 g/mol. The second-order valence-corrected chi connectivity index (χ2v) is 5.17. The lowest BCUT2D eigenvalue weighted by atomic mass is 9.86. The molecule has 0 radical (unpaired) electrons. The Morgan fingerprint density at radius 1 is 1.37 bits per heavy atom. The van der Waals surface area contributed by atoms with Crippen LogP contribution < -0.4 is 5.32 Å². The number of nitrogens with zero attached hydrogens (tertiary/aromatic N) is 1. The molecule has 5 nitrogen and oxygen atoms in total. The summed E-state index contributed by atoms with van der Waals surface area (Å²) in [5.41, 5.74) is 0.0563. The zero-order valence-electron chi connectivity index (χ0n) is 10.6. The molecule has 1 aliphatic carbocycles. The lowest BCUT2D eigenvalue weighted by Gasteiger charge is -2.23. The molecule has 0 aliphatic heterocycles. The van der Waals surface area contributed by atoms with Crippen molar-refractivity contribution in [2.24, 2.45) is 5.41 Å². The van der Waals surface area contributed by atoms with E-state index in [0.717, 1.165) is 31.1 Å². The van der Waals surface area contributed by atoms with Crippen molar-refractivity contribution in [3.8, 4) is 0 Å². The third kappa shape index (κ3) is 2.05. The van der Waals surface area contributed by atoms with Crippen molar-refractivity contribution in [2.75, 3.05) is 11.9 Å². The van der Waals surface area contributed by atoms with Gasteiger partial charge in [-0.05, 0) is 25.0 Å². The van der Waals surface area contributed by atoms with E-state index >= 15 is 0 Å². The maximum Gasteiger partial charge on any atom is 0.311 e. The van der Waals surface area contributed by atoms with E-state index in [4.69, 9.17) is 4.52 Å². The van der Waals surface area contributed by atoms with E-state index in [0.29, 0.717) is 17.9 Å². The molecule has 5 heteroatoms. The number of hydrogen-bond acceptors (Lipinski definition) is 4. The predicted molar refractivity (Wildman–Crippen MR) is 71.0 cm³/mol. The Labute approximate surface area is 110 Å². The number of fused-ring (bicyclic) bond motifs is 1. The van der Waals surface area contributed by atoms with Gasteiger partial charge in [0.1, 0.15) is 0 Å². The summed E-state index contributed by atoms with van der Waals surface area (Å²) in [5.74, 6) is -0.0894. The fourth-order valence-corrected chi connectivity index (χ4v) is 2.78. The highest BCUT2D eigenvalue weighted by Crippen LogP contribution is 2.38. The number of anilines is 1. The molecule has 1 fully saturated rings. The number of nitrogens with one attached hydrogen (secondary N) is 1. The molecule has 1 aromatic heterocycles. The Kier molecular flexibility index (Phi) is 2.89. The van der Waals surface area contributed by atoms with E-state index in [-0.39, 0.29) is 0 Å². The Morgan fingerprint density at radius 3 is 2.84 bits per heavy atom. The number of rotatable bonds is 4. The standard InChI is InChI=1S/C14H16N2O3/c17-13(18)14(7-3-4-8-14)9-15-12-10-5-1-2-6-11(10)19-16-12/h1-2,5-6H,3-4,7-9H2,(H,15,16)(H,17,18). The summed E-state index contributed by atoms with van der Waals surface area (Å²) in [4.78, 5) is 11.5. The number of hydrogen-bond donors (Lipinski definition) is 2. The fourth-order valence-electron chi connectivity index (χ4n) is 2.78. The SMILES string of the molecule is O=C(O)C1(CNc2noc3ccccc23)CCCC1. The number of aliphatic carboxylic acids is 1. The van der Waals surface area contributed by atoms with E-state index in [1.54, 1.807) is 0 Å².